The van der Waals surface area contributed by atoms with Crippen molar-refractivity contribution in [3.05, 3.63) is 107 Å². The van der Waals surface area contributed by atoms with Gasteiger partial charge in [0.05, 0.1) is 12.1 Å². The lowest BCUT2D eigenvalue weighted by atomic mass is 9.93. The van der Waals surface area contributed by atoms with Gasteiger partial charge in [-0.1, -0.05) is 78.9 Å². The van der Waals surface area contributed by atoms with Crippen molar-refractivity contribution in [1.82, 2.24) is 16.0 Å². The van der Waals surface area contributed by atoms with Crippen LogP contribution in [0.3, 0.4) is 0 Å². The first-order valence-corrected chi connectivity index (χ1v) is 16.4. The van der Waals surface area contributed by atoms with E-state index >= 15 is 0 Å². The van der Waals surface area contributed by atoms with Gasteiger partial charge in [0.1, 0.15) is 11.6 Å². The zero-order valence-electron chi connectivity index (χ0n) is 27.1. The molecule has 242 valence electrons. The van der Waals surface area contributed by atoms with E-state index < -0.39 is 41.3 Å². The number of carbonyl (C=O) groups is 3. The average Bonchev–Trinajstić information content (AvgIpc) is 2.95. The van der Waals surface area contributed by atoms with E-state index in [-0.39, 0.29) is 12.3 Å². The van der Waals surface area contributed by atoms with E-state index in [1.165, 1.54) is 11.8 Å². The molecule has 0 heterocycles. The molecule has 0 radical (unpaired) electrons. The third-order valence-electron chi connectivity index (χ3n) is 6.67. The number of ether oxygens (including phenoxy) is 1. The average molecular weight is 634 g/mol. The Morgan fingerprint density at radius 1 is 0.778 bits per heavy atom. The van der Waals surface area contributed by atoms with Crippen molar-refractivity contribution in [3.63, 3.8) is 0 Å². The topological polar surface area (TPSA) is 117 Å². The summed E-state index contributed by atoms with van der Waals surface area (Å²) >= 11 is 1.52. The van der Waals surface area contributed by atoms with Gasteiger partial charge >= 0.3 is 6.09 Å². The highest BCUT2D eigenvalue weighted by atomic mass is 32.2. The van der Waals surface area contributed by atoms with E-state index in [1.54, 1.807) is 32.9 Å². The van der Waals surface area contributed by atoms with Crippen LogP contribution in [0.5, 0.6) is 0 Å². The standard InChI is InChI=1S/C36H47N3O5S/c1-35(2,3)39-32(41)28-20-14-13-19-27(28)22-31(40)29(21-25-15-9-7-10-16-25)37-33(42)30(38-34(43)44-36(4,5)6)24-45-23-26-17-11-8-12-18-26/h7-20,29-31,40H,21-24H2,1-6H3,(H,37,42)(H,38,43)(H,39,41)/t29-,30+,31+/m0/s1. The molecule has 0 spiro atoms. The van der Waals surface area contributed by atoms with Crippen LogP contribution in [0.4, 0.5) is 4.79 Å². The summed E-state index contributed by atoms with van der Waals surface area (Å²) in [4.78, 5) is 39.6. The molecule has 0 saturated heterocycles. The zero-order chi connectivity index (χ0) is 33.0. The molecule has 0 saturated carbocycles. The molecule has 3 aromatic rings. The number of aliphatic hydroxyl groups excluding tert-OH is 1. The molecule has 0 aromatic heterocycles. The second-order valence-corrected chi connectivity index (χ2v) is 14.2. The maximum Gasteiger partial charge on any atom is 0.408 e. The Balaban J connectivity index is 1.82. The molecule has 3 amide bonds. The molecule has 0 bridgehead atoms. The minimum Gasteiger partial charge on any atom is -0.444 e. The predicted octanol–water partition coefficient (Wildman–Crippen LogP) is 5.67. The molecule has 0 unspecified atom stereocenters. The Kier molecular flexibility index (Phi) is 13.1. The Morgan fingerprint density at radius 3 is 1.96 bits per heavy atom. The summed E-state index contributed by atoms with van der Waals surface area (Å²) in [5, 5.41) is 20.3. The van der Waals surface area contributed by atoms with Crippen molar-refractivity contribution >= 4 is 29.7 Å². The lowest BCUT2D eigenvalue weighted by Gasteiger charge is -2.28. The van der Waals surface area contributed by atoms with Gasteiger partial charge in [-0.15, -0.1) is 0 Å². The largest absolute Gasteiger partial charge is 0.444 e. The molecule has 4 N–H and O–H groups in total. The molecule has 0 aliphatic heterocycles. The number of carbonyl (C=O) groups excluding carboxylic acids is 3. The van der Waals surface area contributed by atoms with Crippen LogP contribution in [0, 0.1) is 0 Å². The quantitative estimate of drug-likeness (QED) is 0.193. The van der Waals surface area contributed by atoms with Crippen LogP contribution in [-0.2, 0) is 28.1 Å². The van der Waals surface area contributed by atoms with Gasteiger partial charge in [-0.05, 0) is 70.7 Å². The summed E-state index contributed by atoms with van der Waals surface area (Å²) in [6.45, 7) is 11.0. The summed E-state index contributed by atoms with van der Waals surface area (Å²) < 4.78 is 5.45. The molecule has 0 aliphatic carbocycles. The minimum absolute atomic E-state index is 0.137. The van der Waals surface area contributed by atoms with Crippen LogP contribution >= 0.6 is 11.8 Å². The van der Waals surface area contributed by atoms with Gasteiger partial charge in [0.25, 0.3) is 5.91 Å². The first-order valence-electron chi connectivity index (χ1n) is 15.2. The fraction of sp³-hybridized carbons (Fsp3) is 0.417. The Labute approximate surface area is 271 Å². The molecule has 0 fully saturated rings. The second-order valence-electron chi connectivity index (χ2n) is 13.1. The summed E-state index contributed by atoms with van der Waals surface area (Å²) in [5.41, 5.74) is 2.00. The van der Waals surface area contributed by atoms with Crippen molar-refractivity contribution in [2.75, 3.05) is 5.75 Å². The van der Waals surface area contributed by atoms with Gasteiger partial charge in [0.2, 0.25) is 5.91 Å². The zero-order valence-corrected chi connectivity index (χ0v) is 27.9. The molecule has 0 aliphatic rings. The highest BCUT2D eigenvalue weighted by molar-refractivity contribution is 7.98. The van der Waals surface area contributed by atoms with Crippen LogP contribution < -0.4 is 16.0 Å². The van der Waals surface area contributed by atoms with E-state index in [1.807, 2.05) is 93.6 Å². The Hall–Kier alpha value is -3.82. The van der Waals surface area contributed by atoms with Gasteiger partial charge in [-0.3, -0.25) is 9.59 Å². The SMILES string of the molecule is CC(C)(C)NC(=O)c1ccccc1C[C@@H](O)[C@H](Cc1ccccc1)NC(=O)[C@@H](CSCc1ccccc1)NC(=O)OC(C)(C)C. The van der Waals surface area contributed by atoms with Crippen LogP contribution in [0.15, 0.2) is 84.9 Å². The molecular formula is C36H47N3O5S. The monoisotopic (exact) mass is 633 g/mol. The van der Waals surface area contributed by atoms with E-state index in [0.717, 1.165) is 11.1 Å². The Bertz CT molecular complexity index is 1390. The summed E-state index contributed by atoms with van der Waals surface area (Å²) in [7, 11) is 0. The molecule has 3 atom stereocenters. The van der Waals surface area contributed by atoms with Gasteiger partial charge < -0.3 is 25.8 Å². The summed E-state index contributed by atoms with van der Waals surface area (Å²) in [6, 6.07) is 25.0. The van der Waals surface area contributed by atoms with Crippen molar-refractivity contribution in [1.29, 1.82) is 0 Å². The number of aliphatic hydroxyl groups is 1. The van der Waals surface area contributed by atoms with Crippen LogP contribution in [0.25, 0.3) is 0 Å². The van der Waals surface area contributed by atoms with Crippen LogP contribution in [0.1, 0.15) is 68.6 Å². The number of hydrogen-bond donors (Lipinski definition) is 4. The lowest BCUT2D eigenvalue weighted by molar-refractivity contribution is -0.124. The summed E-state index contributed by atoms with van der Waals surface area (Å²) in [5.74, 6) is 0.291. The number of nitrogens with one attached hydrogen (secondary N) is 3. The van der Waals surface area contributed by atoms with E-state index in [4.69, 9.17) is 4.74 Å². The maximum absolute atomic E-state index is 13.8. The van der Waals surface area contributed by atoms with Crippen molar-refractivity contribution < 1.29 is 24.2 Å². The first-order chi connectivity index (χ1) is 21.2. The molecule has 3 rings (SSSR count). The molecule has 9 heteroatoms. The van der Waals surface area contributed by atoms with Crippen molar-refractivity contribution in [3.8, 4) is 0 Å². The van der Waals surface area contributed by atoms with Crippen molar-refractivity contribution in [2.45, 2.75) is 89.5 Å². The normalized spacial score (nSPS) is 13.7. The smallest absolute Gasteiger partial charge is 0.408 e. The highest BCUT2D eigenvalue weighted by Crippen LogP contribution is 2.18. The first kappa shape index (κ1) is 35.7. The van der Waals surface area contributed by atoms with E-state index in [9.17, 15) is 19.5 Å². The third kappa shape index (κ3) is 13.0. The second kappa shape index (κ2) is 16.5. The number of amides is 3. The van der Waals surface area contributed by atoms with Gasteiger partial charge in [0, 0.05) is 29.0 Å². The van der Waals surface area contributed by atoms with Crippen LogP contribution in [0.2, 0.25) is 0 Å². The summed E-state index contributed by atoms with van der Waals surface area (Å²) in [6.07, 6.45) is -1.24. The van der Waals surface area contributed by atoms with Gasteiger partial charge in [-0.25, -0.2) is 4.79 Å². The number of rotatable bonds is 13. The number of benzene rings is 3. The maximum atomic E-state index is 13.8. The number of alkyl carbamates (subject to hydrolysis) is 1. The van der Waals surface area contributed by atoms with Crippen LogP contribution in [-0.4, -0.2) is 58.1 Å². The fourth-order valence-corrected chi connectivity index (χ4v) is 5.65. The van der Waals surface area contributed by atoms with E-state index in [2.05, 4.69) is 16.0 Å². The lowest BCUT2D eigenvalue weighted by Crippen LogP contribution is -2.55. The molecular weight excluding hydrogens is 586 g/mol. The number of thioether (sulfide) groups is 1. The van der Waals surface area contributed by atoms with Crippen molar-refractivity contribution in [2.24, 2.45) is 0 Å². The van der Waals surface area contributed by atoms with Gasteiger partial charge in [-0.2, -0.15) is 11.8 Å². The van der Waals surface area contributed by atoms with Gasteiger partial charge in [0.15, 0.2) is 0 Å². The minimum atomic E-state index is -1.03. The van der Waals surface area contributed by atoms with E-state index in [0.29, 0.717) is 29.1 Å². The third-order valence-corrected chi connectivity index (χ3v) is 7.78. The number of hydrogen-bond acceptors (Lipinski definition) is 6. The highest BCUT2D eigenvalue weighted by Gasteiger charge is 2.30. The molecule has 3 aromatic carbocycles. The fourth-order valence-electron chi connectivity index (χ4n) is 4.63. The molecule has 45 heavy (non-hydrogen) atoms. The predicted molar refractivity (Wildman–Crippen MR) is 181 cm³/mol. The Morgan fingerprint density at radius 2 is 1.36 bits per heavy atom. The molecule has 8 nitrogen and oxygen atoms in total.